The summed E-state index contributed by atoms with van der Waals surface area (Å²) in [5.41, 5.74) is 2.93. The van der Waals surface area contributed by atoms with E-state index in [1.54, 1.807) is 0 Å². The van der Waals surface area contributed by atoms with Crippen molar-refractivity contribution < 1.29 is 4.74 Å². The van der Waals surface area contributed by atoms with Gasteiger partial charge in [0.15, 0.2) is 0 Å². The largest absolute Gasteiger partial charge is 0.372 e. The molecule has 4 rings (SSSR count). The fourth-order valence-corrected chi connectivity index (χ4v) is 4.23. The van der Waals surface area contributed by atoms with Crippen molar-refractivity contribution in [3.63, 3.8) is 0 Å². The van der Waals surface area contributed by atoms with Crippen molar-refractivity contribution in [2.24, 2.45) is 0 Å². The summed E-state index contributed by atoms with van der Waals surface area (Å²) in [5, 5.41) is 0. The summed E-state index contributed by atoms with van der Waals surface area (Å²) in [5.74, 6) is 2.02. The zero-order chi connectivity index (χ0) is 20.5. The average molecular weight is 398 g/mol. The summed E-state index contributed by atoms with van der Waals surface area (Å²) in [6, 6.07) is 4.24. The van der Waals surface area contributed by atoms with E-state index in [-0.39, 0.29) is 23.7 Å². The van der Waals surface area contributed by atoms with Gasteiger partial charge < -0.3 is 14.6 Å². The molecule has 2 aromatic heterocycles. The van der Waals surface area contributed by atoms with Gasteiger partial charge in [0, 0.05) is 51.3 Å². The predicted molar refractivity (Wildman–Crippen MR) is 113 cm³/mol. The lowest BCUT2D eigenvalue weighted by Crippen LogP contribution is -2.45. The normalized spacial score (nSPS) is 22.7. The first-order chi connectivity index (χ1) is 13.9. The molecule has 4 heterocycles. The van der Waals surface area contributed by atoms with Gasteiger partial charge in [-0.15, -0.1) is 0 Å². The third kappa shape index (κ3) is 4.51. The summed E-state index contributed by atoms with van der Waals surface area (Å²) >= 11 is 0. The van der Waals surface area contributed by atoms with Crippen LogP contribution in [0.5, 0.6) is 0 Å². The number of nitrogens with zero attached hydrogens (tertiary/aromatic N) is 4. The van der Waals surface area contributed by atoms with Crippen LogP contribution in [0.15, 0.2) is 23.1 Å². The van der Waals surface area contributed by atoms with Crippen LogP contribution in [0.25, 0.3) is 0 Å². The summed E-state index contributed by atoms with van der Waals surface area (Å²) in [4.78, 5) is 29.4. The smallest absolute Gasteiger partial charge is 0.255 e. The van der Waals surface area contributed by atoms with Gasteiger partial charge in [0.05, 0.1) is 23.5 Å². The van der Waals surface area contributed by atoms with Crippen molar-refractivity contribution in [2.75, 3.05) is 24.5 Å². The number of nitrogens with one attached hydrogen (secondary N) is 1. The second kappa shape index (κ2) is 8.24. The van der Waals surface area contributed by atoms with Crippen LogP contribution < -0.4 is 10.5 Å². The van der Waals surface area contributed by atoms with E-state index in [1.807, 2.05) is 6.20 Å². The molecule has 1 saturated heterocycles. The second-order valence-electron chi connectivity index (χ2n) is 8.68. The van der Waals surface area contributed by atoms with Gasteiger partial charge >= 0.3 is 0 Å². The highest BCUT2D eigenvalue weighted by Crippen LogP contribution is 2.21. The number of pyridine rings is 1. The molecule has 2 aliphatic heterocycles. The van der Waals surface area contributed by atoms with Crippen LogP contribution in [0.3, 0.4) is 0 Å². The number of hydrogen-bond acceptors (Lipinski definition) is 6. The van der Waals surface area contributed by atoms with Crippen molar-refractivity contribution >= 4 is 5.82 Å². The number of anilines is 1. The fourth-order valence-electron chi connectivity index (χ4n) is 4.23. The average Bonchev–Trinajstić information content (AvgIpc) is 2.68. The third-order valence-corrected chi connectivity index (χ3v) is 5.67. The minimum atomic E-state index is 0.00688. The van der Waals surface area contributed by atoms with Crippen molar-refractivity contribution in [3.05, 3.63) is 51.3 Å². The minimum absolute atomic E-state index is 0.00688. The van der Waals surface area contributed by atoms with Crippen LogP contribution in [0.2, 0.25) is 0 Å². The first-order valence-electron chi connectivity index (χ1n) is 10.6. The van der Waals surface area contributed by atoms with Gasteiger partial charge in [-0.3, -0.25) is 9.69 Å². The van der Waals surface area contributed by atoms with Crippen molar-refractivity contribution in [1.82, 2.24) is 19.9 Å². The lowest BCUT2D eigenvalue weighted by molar-refractivity contribution is -0.00546. The standard InChI is InChI=1S/C22H31N5O2/c1-14(2)21-24-19-7-8-26(13-18(19)22(28)25-21)12-17-5-6-20(23-9-17)27-10-15(3)29-16(4)11-27/h5-6,9,14-16H,7-8,10-13H2,1-4H3,(H,24,25,28). The van der Waals surface area contributed by atoms with E-state index in [9.17, 15) is 4.79 Å². The zero-order valence-electron chi connectivity index (χ0n) is 17.8. The molecule has 7 heteroatoms. The molecule has 1 N–H and O–H groups in total. The van der Waals surface area contributed by atoms with E-state index in [1.165, 1.54) is 0 Å². The van der Waals surface area contributed by atoms with Gasteiger partial charge in [-0.2, -0.15) is 0 Å². The topological polar surface area (TPSA) is 74.4 Å². The number of rotatable bonds is 4. The maximum absolute atomic E-state index is 12.5. The van der Waals surface area contributed by atoms with Crippen LogP contribution in [0.4, 0.5) is 5.82 Å². The van der Waals surface area contributed by atoms with Gasteiger partial charge in [-0.1, -0.05) is 19.9 Å². The molecule has 0 aliphatic carbocycles. The van der Waals surface area contributed by atoms with Gasteiger partial charge in [0.1, 0.15) is 11.6 Å². The third-order valence-electron chi connectivity index (χ3n) is 5.67. The Bertz CT molecular complexity index is 898. The van der Waals surface area contributed by atoms with Gasteiger partial charge in [0.25, 0.3) is 5.56 Å². The number of aromatic nitrogens is 3. The van der Waals surface area contributed by atoms with E-state index >= 15 is 0 Å². The maximum atomic E-state index is 12.5. The quantitative estimate of drug-likeness (QED) is 0.854. The molecule has 2 aliphatic rings. The molecule has 0 aromatic carbocycles. The SMILES string of the molecule is CC1CN(c2ccc(CN3CCc4nc(C(C)C)[nH]c(=O)c4C3)cn2)CC(C)O1. The molecule has 7 nitrogen and oxygen atoms in total. The van der Waals surface area contributed by atoms with Crippen LogP contribution in [-0.2, 0) is 24.2 Å². The zero-order valence-corrected chi connectivity index (χ0v) is 17.8. The van der Waals surface area contributed by atoms with Crippen LogP contribution in [-0.4, -0.2) is 51.7 Å². The highest BCUT2D eigenvalue weighted by molar-refractivity contribution is 5.40. The number of fused-ring (bicyclic) bond motifs is 1. The summed E-state index contributed by atoms with van der Waals surface area (Å²) < 4.78 is 5.81. The van der Waals surface area contributed by atoms with E-state index in [4.69, 9.17) is 9.72 Å². The van der Waals surface area contributed by atoms with Gasteiger partial charge in [-0.05, 0) is 25.5 Å². The molecule has 2 aromatic rings. The van der Waals surface area contributed by atoms with E-state index < -0.39 is 0 Å². The molecule has 2 atom stereocenters. The molecule has 1 fully saturated rings. The Hall–Kier alpha value is -2.25. The summed E-state index contributed by atoms with van der Waals surface area (Å²) in [7, 11) is 0. The Labute approximate surface area is 172 Å². The van der Waals surface area contributed by atoms with Crippen LogP contribution >= 0.6 is 0 Å². The molecule has 0 amide bonds. The maximum Gasteiger partial charge on any atom is 0.255 e. The lowest BCUT2D eigenvalue weighted by atomic mass is 10.1. The first-order valence-corrected chi connectivity index (χ1v) is 10.6. The Balaban J connectivity index is 1.42. The van der Waals surface area contributed by atoms with E-state index in [0.717, 1.165) is 61.1 Å². The van der Waals surface area contributed by atoms with Crippen molar-refractivity contribution in [2.45, 2.75) is 65.3 Å². The van der Waals surface area contributed by atoms with Crippen molar-refractivity contribution in [3.8, 4) is 0 Å². The van der Waals surface area contributed by atoms with E-state index in [0.29, 0.717) is 6.54 Å². The molecule has 0 saturated carbocycles. The fraction of sp³-hybridized carbons (Fsp3) is 0.591. The van der Waals surface area contributed by atoms with Crippen LogP contribution in [0.1, 0.15) is 56.3 Å². The number of hydrogen-bond donors (Lipinski definition) is 1. The number of H-pyrrole nitrogens is 1. The van der Waals surface area contributed by atoms with Gasteiger partial charge in [0.2, 0.25) is 0 Å². The monoisotopic (exact) mass is 397 g/mol. The van der Waals surface area contributed by atoms with Crippen LogP contribution in [0, 0.1) is 0 Å². The second-order valence-corrected chi connectivity index (χ2v) is 8.68. The van der Waals surface area contributed by atoms with Gasteiger partial charge in [-0.25, -0.2) is 9.97 Å². The summed E-state index contributed by atoms with van der Waals surface area (Å²) in [6.07, 6.45) is 3.21. The number of aromatic amines is 1. The molecular formula is C22H31N5O2. The molecular weight excluding hydrogens is 366 g/mol. The molecule has 156 valence electrons. The highest BCUT2D eigenvalue weighted by Gasteiger charge is 2.24. The first kappa shape index (κ1) is 20.0. The Morgan fingerprint density at radius 3 is 2.66 bits per heavy atom. The molecule has 0 bridgehead atoms. The Morgan fingerprint density at radius 2 is 2.00 bits per heavy atom. The summed E-state index contributed by atoms with van der Waals surface area (Å²) in [6.45, 7) is 12.4. The molecule has 2 unspecified atom stereocenters. The van der Waals surface area contributed by atoms with E-state index in [2.05, 4.69) is 59.6 Å². The highest BCUT2D eigenvalue weighted by atomic mass is 16.5. The Kier molecular flexibility index (Phi) is 5.69. The lowest BCUT2D eigenvalue weighted by Gasteiger charge is -2.36. The molecule has 0 spiro atoms. The molecule has 29 heavy (non-hydrogen) atoms. The van der Waals surface area contributed by atoms with Crippen molar-refractivity contribution in [1.29, 1.82) is 0 Å². The number of morpholine rings is 1. The predicted octanol–water partition coefficient (Wildman–Crippen LogP) is 2.46. The Morgan fingerprint density at radius 1 is 1.24 bits per heavy atom. The number of ether oxygens (including phenoxy) is 1. The minimum Gasteiger partial charge on any atom is -0.372 e. The molecule has 0 radical (unpaired) electrons.